The Hall–Kier alpha value is -7.15. The lowest BCUT2D eigenvalue weighted by atomic mass is 9.98. The number of hydrogen-bond donors (Lipinski definition) is 0. The van der Waals surface area contributed by atoms with Crippen molar-refractivity contribution in [1.29, 1.82) is 0 Å². The van der Waals surface area contributed by atoms with E-state index in [9.17, 15) is 0 Å². The smallest absolute Gasteiger partial charge is 0.164 e. The molecule has 0 atom stereocenters. The second-order valence-corrected chi connectivity index (χ2v) is 14.3. The third-order valence-electron chi connectivity index (χ3n) is 9.76. The molecule has 0 aliphatic heterocycles. The second kappa shape index (κ2) is 14.0. The van der Waals surface area contributed by atoms with E-state index in [4.69, 9.17) is 24.9 Å². The first-order chi connectivity index (χ1) is 27.2. The molecule has 3 heterocycles. The molecule has 0 saturated carbocycles. The van der Waals surface area contributed by atoms with Crippen LogP contribution in [0.5, 0.6) is 0 Å². The summed E-state index contributed by atoms with van der Waals surface area (Å²) in [6.07, 6.45) is 0. The molecule has 0 bridgehead atoms. The van der Waals surface area contributed by atoms with Crippen LogP contribution in [0.4, 0.5) is 0 Å². The van der Waals surface area contributed by atoms with Gasteiger partial charge in [0, 0.05) is 53.6 Å². The minimum atomic E-state index is 0.647. The Morgan fingerprint density at radius 1 is 0.309 bits per heavy atom. The standard InChI is InChI=1S/C49H31N5S/c1-5-16-32(17-6-1)41-31-42(51-46(50-41)33-18-7-2-8-19-33)37-25-13-24-36(30-37)38-26-14-27-39-44-40(28-15-29-43(44)55-45(38)39)49-53-47(34-20-9-3-10-21-34)52-48(54-49)35-22-11-4-12-23-35/h1-31H. The molecule has 258 valence electrons. The lowest BCUT2D eigenvalue weighted by Gasteiger charge is -2.11. The molecule has 0 aliphatic rings. The highest BCUT2D eigenvalue weighted by molar-refractivity contribution is 7.26. The molecule has 0 amide bonds. The number of aromatic nitrogens is 5. The Kier molecular flexibility index (Phi) is 8.28. The lowest BCUT2D eigenvalue weighted by molar-refractivity contribution is 1.08. The summed E-state index contributed by atoms with van der Waals surface area (Å²) in [6.45, 7) is 0. The zero-order valence-electron chi connectivity index (χ0n) is 29.5. The van der Waals surface area contributed by atoms with Gasteiger partial charge in [0.25, 0.3) is 0 Å². The summed E-state index contributed by atoms with van der Waals surface area (Å²) in [4.78, 5) is 25.2. The summed E-state index contributed by atoms with van der Waals surface area (Å²) in [5.74, 6) is 2.64. The molecule has 0 unspecified atom stereocenters. The van der Waals surface area contributed by atoms with Crippen LogP contribution in [-0.2, 0) is 0 Å². The van der Waals surface area contributed by atoms with Gasteiger partial charge in [-0.05, 0) is 29.3 Å². The molecule has 55 heavy (non-hydrogen) atoms. The van der Waals surface area contributed by atoms with Gasteiger partial charge in [-0.1, -0.05) is 170 Å². The highest BCUT2D eigenvalue weighted by Gasteiger charge is 2.19. The Labute approximate surface area is 322 Å². The van der Waals surface area contributed by atoms with Gasteiger partial charge in [-0.3, -0.25) is 0 Å². The van der Waals surface area contributed by atoms with Crippen molar-refractivity contribution >= 4 is 31.5 Å². The first-order valence-electron chi connectivity index (χ1n) is 18.2. The van der Waals surface area contributed by atoms with Gasteiger partial charge in [0.2, 0.25) is 0 Å². The van der Waals surface area contributed by atoms with Crippen LogP contribution >= 0.6 is 11.3 Å². The van der Waals surface area contributed by atoms with E-state index in [1.165, 1.54) is 14.8 Å². The Morgan fingerprint density at radius 2 is 0.764 bits per heavy atom. The number of benzene rings is 7. The lowest BCUT2D eigenvalue weighted by Crippen LogP contribution is -2.00. The summed E-state index contributed by atoms with van der Waals surface area (Å²) in [7, 11) is 0. The molecule has 0 saturated heterocycles. The van der Waals surface area contributed by atoms with Gasteiger partial charge < -0.3 is 0 Å². The Bertz CT molecular complexity index is 2850. The first kappa shape index (κ1) is 32.5. The molecule has 0 spiro atoms. The van der Waals surface area contributed by atoms with E-state index in [1.54, 1.807) is 11.3 Å². The summed E-state index contributed by atoms with van der Waals surface area (Å²) in [5.41, 5.74) is 9.98. The molecule has 0 aliphatic carbocycles. The Balaban J connectivity index is 1.12. The normalized spacial score (nSPS) is 11.3. The topological polar surface area (TPSA) is 64.5 Å². The third kappa shape index (κ3) is 6.24. The van der Waals surface area contributed by atoms with Gasteiger partial charge in [0.05, 0.1) is 11.4 Å². The highest BCUT2D eigenvalue weighted by atomic mass is 32.1. The third-order valence-corrected chi connectivity index (χ3v) is 11.0. The highest BCUT2D eigenvalue weighted by Crippen LogP contribution is 2.44. The quantitative estimate of drug-likeness (QED) is 0.164. The zero-order valence-corrected chi connectivity index (χ0v) is 30.4. The van der Waals surface area contributed by atoms with Crippen LogP contribution in [0.15, 0.2) is 188 Å². The van der Waals surface area contributed by atoms with Crippen LogP contribution in [-0.4, -0.2) is 24.9 Å². The van der Waals surface area contributed by atoms with E-state index >= 15 is 0 Å². The van der Waals surface area contributed by atoms with Gasteiger partial charge in [0.15, 0.2) is 23.3 Å². The molecule has 0 radical (unpaired) electrons. The van der Waals surface area contributed by atoms with Crippen molar-refractivity contribution in [3.8, 4) is 79.2 Å². The van der Waals surface area contributed by atoms with Gasteiger partial charge in [0.1, 0.15) is 0 Å². The second-order valence-electron chi connectivity index (χ2n) is 13.3. The predicted molar refractivity (Wildman–Crippen MR) is 226 cm³/mol. The number of rotatable bonds is 7. The average molecular weight is 722 g/mol. The maximum Gasteiger partial charge on any atom is 0.164 e. The molecule has 5 nitrogen and oxygen atoms in total. The van der Waals surface area contributed by atoms with E-state index in [0.29, 0.717) is 23.3 Å². The maximum absolute atomic E-state index is 5.11. The fraction of sp³-hybridized carbons (Fsp3) is 0. The summed E-state index contributed by atoms with van der Waals surface area (Å²) >= 11 is 1.80. The van der Waals surface area contributed by atoms with Crippen molar-refractivity contribution in [2.24, 2.45) is 0 Å². The fourth-order valence-corrected chi connectivity index (χ4v) is 8.37. The molecule has 10 rings (SSSR count). The van der Waals surface area contributed by atoms with E-state index < -0.39 is 0 Å². The van der Waals surface area contributed by atoms with Crippen LogP contribution < -0.4 is 0 Å². The minimum absolute atomic E-state index is 0.647. The molecular weight excluding hydrogens is 691 g/mol. The monoisotopic (exact) mass is 721 g/mol. The van der Waals surface area contributed by atoms with Crippen molar-refractivity contribution in [1.82, 2.24) is 24.9 Å². The van der Waals surface area contributed by atoms with Crippen molar-refractivity contribution in [2.75, 3.05) is 0 Å². The predicted octanol–water partition coefficient (Wildman–Crippen LogP) is 12.7. The van der Waals surface area contributed by atoms with Crippen LogP contribution in [0, 0.1) is 0 Å². The van der Waals surface area contributed by atoms with Gasteiger partial charge in [-0.15, -0.1) is 11.3 Å². The Morgan fingerprint density at radius 3 is 1.38 bits per heavy atom. The maximum atomic E-state index is 5.11. The van der Waals surface area contributed by atoms with Crippen molar-refractivity contribution < 1.29 is 0 Å². The molecule has 10 aromatic rings. The summed E-state index contributed by atoms with van der Waals surface area (Å²) in [6, 6.07) is 64.5. The number of nitrogens with zero attached hydrogens (tertiary/aromatic N) is 5. The molecule has 7 aromatic carbocycles. The van der Waals surface area contributed by atoms with Crippen LogP contribution in [0.1, 0.15) is 0 Å². The average Bonchev–Trinajstić information content (AvgIpc) is 3.67. The number of hydrogen-bond acceptors (Lipinski definition) is 6. The van der Waals surface area contributed by atoms with Crippen molar-refractivity contribution in [2.45, 2.75) is 0 Å². The minimum Gasteiger partial charge on any atom is -0.228 e. The van der Waals surface area contributed by atoms with Crippen LogP contribution in [0.3, 0.4) is 0 Å². The first-order valence-corrected chi connectivity index (χ1v) is 19.0. The summed E-state index contributed by atoms with van der Waals surface area (Å²) < 4.78 is 2.38. The van der Waals surface area contributed by atoms with E-state index in [-0.39, 0.29) is 0 Å². The number of thiophene rings is 1. The van der Waals surface area contributed by atoms with E-state index in [1.807, 2.05) is 97.1 Å². The van der Waals surface area contributed by atoms with E-state index in [2.05, 4.69) is 91.0 Å². The summed E-state index contributed by atoms with van der Waals surface area (Å²) in [5, 5.41) is 2.31. The van der Waals surface area contributed by atoms with Crippen molar-refractivity contribution in [3.63, 3.8) is 0 Å². The van der Waals surface area contributed by atoms with Crippen molar-refractivity contribution in [3.05, 3.63) is 188 Å². The van der Waals surface area contributed by atoms with Crippen LogP contribution in [0.25, 0.3) is 99.4 Å². The molecular formula is C49H31N5S. The zero-order chi connectivity index (χ0) is 36.6. The van der Waals surface area contributed by atoms with Gasteiger partial charge >= 0.3 is 0 Å². The van der Waals surface area contributed by atoms with E-state index in [0.717, 1.165) is 61.3 Å². The molecule has 3 aromatic heterocycles. The fourth-order valence-electron chi connectivity index (χ4n) is 7.10. The van der Waals surface area contributed by atoms with Gasteiger partial charge in [-0.2, -0.15) is 0 Å². The largest absolute Gasteiger partial charge is 0.228 e. The SMILES string of the molecule is c1ccc(-c2cc(-c3cccc(-c4cccc5c4sc4cccc(-c6nc(-c7ccccc7)nc(-c7ccccc7)n6)c45)c3)nc(-c3ccccc3)n2)cc1. The molecule has 6 heteroatoms. The number of fused-ring (bicyclic) bond motifs is 3. The molecule has 0 fully saturated rings. The van der Waals surface area contributed by atoms with Crippen LogP contribution in [0.2, 0.25) is 0 Å². The molecule has 0 N–H and O–H groups in total. The van der Waals surface area contributed by atoms with Gasteiger partial charge in [-0.25, -0.2) is 24.9 Å².